The number of anilines is 1. The van der Waals surface area contributed by atoms with Crippen molar-refractivity contribution in [3.63, 3.8) is 0 Å². The van der Waals surface area contributed by atoms with Gasteiger partial charge in [-0.2, -0.15) is 0 Å². The largest absolute Gasteiger partial charge is 0.497 e. The van der Waals surface area contributed by atoms with Crippen LogP contribution in [0, 0.1) is 0 Å². The van der Waals surface area contributed by atoms with E-state index in [1.807, 2.05) is 19.1 Å². The first-order valence-corrected chi connectivity index (χ1v) is 10.8. The molecule has 0 unspecified atom stereocenters. The smallest absolute Gasteiger partial charge is 0.269 e. The van der Waals surface area contributed by atoms with Crippen LogP contribution in [0.25, 0.3) is 10.1 Å². The van der Waals surface area contributed by atoms with E-state index in [-0.39, 0.29) is 11.0 Å². The van der Waals surface area contributed by atoms with Crippen molar-refractivity contribution in [1.29, 1.82) is 0 Å². The number of benzene rings is 2. The highest BCUT2D eigenvalue weighted by molar-refractivity contribution is 7.80. The van der Waals surface area contributed by atoms with Crippen molar-refractivity contribution >= 4 is 67.9 Å². The molecule has 3 aromatic rings. The van der Waals surface area contributed by atoms with Gasteiger partial charge in [0.25, 0.3) is 11.8 Å². The van der Waals surface area contributed by atoms with E-state index in [1.54, 1.807) is 37.4 Å². The molecule has 0 spiro atoms. The summed E-state index contributed by atoms with van der Waals surface area (Å²) in [5.74, 6) is 0.0451. The van der Waals surface area contributed by atoms with Crippen molar-refractivity contribution in [2.45, 2.75) is 13.3 Å². The van der Waals surface area contributed by atoms with Gasteiger partial charge in [-0.3, -0.25) is 14.9 Å². The number of thiophene rings is 1. The van der Waals surface area contributed by atoms with E-state index in [9.17, 15) is 9.59 Å². The van der Waals surface area contributed by atoms with E-state index in [2.05, 4.69) is 16.0 Å². The normalized spacial score (nSPS) is 10.5. The second kappa shape index (κ2) is 9.88. The van der Waals surface area contributed by atoms with Gasteiger partial charge in [0.2, 0.25) is 0 Å². The molecule has 0 saturated heterocycles. The molecule has 1 aromatic heterocycles. The molecule has 0 fully saturated rings. The molecule has 3 N–H and O–H groups in total. The Hall–Kier alpha value is -2.68. The lowest BCUT2D eigenvalue weighted by Crippen LogP contribution is -2.34. The SMILES string of the molecule is CCCNC(=O)c1ccccc1NC(=S)NC(=O)c1sc2cc(OC)ccc2c1Cl. The van der Waals surface area contributed by atoms with Crippen LogP contribution in [0.4, 0.5) is 5.69 Å². The Balaban J connectivity index is 1.74. The van der Waals surface area contributed by atoms with Crippen molar-refractivity contribution in [1.82, 2.24) is 10.6 Å². The predicted octanol–water partition coefficient (Wildman–Crippen LogP) is 4.83. The summed E-state index contributed by atoms with van der Waals surface area (Å²) in [5, 5.41) is 9.57. The van der Waals surface area contributed by atoms with Crippen molar-refractivity contribution in [3.8, 4) is 5.75 Å². The van der Waals surface area contributed by atoms with Gasteiger partial charge >= 0.3 is 0 Å². The summed E-state index contributed by atoms with van der Waals surface area (Å²) >= 11 is 12.9. The van der Waals surface area contributed by atoms with Gasteiger partial charge in [-0.05, 0) is 49.0 Å². The topological polar surface area (TPSA) is 79.5 Å². The minimum absolute atomic E-state index is 0.0712. The second-order valence-corrected chi connectivity index (χ2v) is 8.16. The summed E-state index contributed by atoms with van der Waals surface area (Å²) in [6.45, 7) is 2.55. The number of thiocarbonyl (C=S) groups is 1. The molecule has 156 valence electrons. The fourth-order valence-electron chi connectivity index (χ4n) is 2.76. The zero-order chi connectivity index (χ0) is 21.7. The van der Waals surface area contributed by atoms with E-state index >= 15 is 0 Å². The van der Waals surface area contributed by atoms with E-state index in [4.69, 9.17) is 28.6 Å². The molecule has 0 bridgehead atoms. The summed E-state index contributed by atoms with van der Waals surface area (Å²) in [7, 11) is 1.58. The third-order valence-electron chi connectivity index (χ3n) is 4.23. The van der Waals surface area contributed by atoms with Crippen LogP contribution >= 0.6 is 35.2 Å². The molecular weight excluding hydrogens is 442 g/mol. The van der Waals surface area contributed by atoms with Crippen molar-refractivity contribution < 1.29 is 14.3 Å². The van der Waals surface area contributed by atoms with Gasteiger partial charge in [0.1, 0.15) is 10.6 Å². The molecule has 6 nitrogen and oxygen atoms in total. The predicted molar refractivity (Wildman–Crippen MR) is 126 cm³/mol. The van der Waals surface area contributed by atoms with Gasteiger partial charge in [0.05, 0.1) is 23.4 Å². The number of halogens is 1. The first kappa shape index (κ1) is 22.0. The van der Waals surface area contributed by atoms with E-state index in [0.29, 0.717) is 33.4 Å². The lowest BCUT2D eigenvalue weighted by atomic mass is 10.1. The molecule has 2 aromatic carbocycles. The second-order valence-electron chi connectivity index (χ2n) is 6.32. The first-order chi connectivity index (χ1) is 14.4. The summed E-state index contributed by atoms with van der Waals surface area (Å²) in [6, 6.07) is 12.4. The van der Waals surface area contributed by atoms with Crippen LogP contribution in [-0.4, -0.2) is 30.6 Å². The Morgan fingerprint density at radius 2 is 1.93 bits per heavy atom. The molecule has 0 aliphatic heterocycles. The summed E-state index contributed by atoms with van der Waals surface area (Å²) in [5.41, 5.74) is 0.943. The van der Waals surface area contributed by atoms with Gasteiger partial charge < -0.3 is 15.4 Å². The zero-order valence-electron chi connectivity index (χ0n) is 16.4. The van der Waals surface area contributed by atoms with Gasteiger partial charge in [-0.25, -0.2) is 0 Å². The minimum Gasteiger partial charge on any atom is -0.497 e. The highest BCUT2D eigenvalue weighted by Gasteiger charge is 2.19. The fourth-order valence-corrected chi connectivity index (χ4v) is 4.40. The maximum absolute atomic E-state index is 12.7. The Morgan fingerprint density at radius 1 is 1.17 bits per heavy atom. The number of hydrogen-bond donors (Lipinski definition) is 3. The Morgan fingerprint density at radius 3 is 2.67 bits per heavy atom. The molecule has 1 heterocycles. The maximum atomic E-state index is 12.7. The van der Waals surface area contributed by atoms with Crippen LogP contribution in [0.5, 0.6) is 5.75 Å². The number of carbonyl (C=O) groups is 2. The highest BCUT2D eigenvalue weighted by Crippen LogP contribution is 2.37. The van der Waals surface area contributed by atoms with E-state index in [0.717, 1.165) is 16.5 Å². The quantitative estimate of drug-likeness (QED) is 0.458. The monoisotopic (exact) mass is 461 g/mol. The van der Waals surface area contributed by atoms with Crippen LogP contribution in [0.15, 0.2) is 42.5 Å². The number of nitrogens with one attached hydrogen (secondary N) is 3. The number of para-hydroxylation sites is 1. The average Bonchev–Trinajstić information content (AvgIpc) is 3.08. The molecule has 0 atom stereocenters. The standard InChI is InChI=1S/C21H20ClN3O3S2/c1-3-10-23-19(26)13-6-4-5-7-15(13)24-21(29)25-20(27)18-17(22)14-9-8-12(28-2)11-16(14)30-18/h4-9,11H,3,10H2,1-2H3,(H,23,26)(H2,24,25,27,29). The molecule has 3 rings (SSSR count). The lowest BCUT2D eigenvalue weighted by molar-refractivity contribution is 0.0952. The average molecular weight is 462 g/mol. The number of methoxy groups -OCH3 is 1. The van der Waals surface area contributed by atoms with Gasteiger partial charge in [-0.1, -0.05) is 30.7 Å². The molecule has 9 heteroatoms. The van der Waals surface area contributed by atoms with Gasteiger partial charge in [0.15, 0.2) is 5.11 Å². The summed E-state index contributed by atoms with van der Waals surface area (Å²) in [4.78, 5) is 25.4. The number of hydrogen-bond acceptors (Lipinski definition) is 5. The van der Waals surface area contributed by atoms with Crippen LogP contribution in [0.1, 0.15) is 33.4 Å². The maximum Gasteiger partial charge on any atom is 0.269 e. The van der Waals surface area contributed by atoms with Crippen molar-refractivity contribution in [3.05, 3.63) is 57.9 Å². The van der Waals surface area contributed by atoms with Gasteiger partial charge in [-0.15, -0.1) is 11.3 Å². The number of rotatable bonds is 6. The van der Waals surface area contributed by atoms with Crippen molar-refractivity contribution in [2.75, 3.05) is 19.0 Å². The van der Waals surface area contributed by atoms with Gasteiger partial charge in [0, 0.05) is 16.6 Å². The molecular formula is C21H20ClN3O3S2. The Kier molecular flexibility index (Phi) is 7.25. The number of carbonyl (C=O) groups excluding carboxylic acids is 2. The van der Waals surface area contributed by atoms with Crippen LogP contribution in [0.3, 0.4) is 0 Å². The number of ether oxygens (including phenoxy) is 1. The van der Waals surface area contributed by atoms with E-state index in [1.165, 1.54) is 11.3 Å². The summed E-state index contributed by atoms with van der Waals surface area (Å²) in [6.07, 6.45) is 0.831. The summed E-state index contributed by atoms with van der Waals surface area (Å²) < 4.78 is 6.05. The van der Waals surface area contributed by atoms with Crippen LogP contribution in [0.2, 0.25) is 5.02 Å². The Labute approximate surface area is 188 Å². The number of amides is 2. The zero-order valence-corrected chi connectivity index (χ0v) is 18.8. The van der Waals surface area contributed by atoms with E-state index < -0.39 is 5.91 Å². The minimum atomic E-state index is -0.425. The fraction of sp³-hybridized carbons (Fsp3) is 0.190. The highest BCUT2D eigenvalue weighted by atomic mass is 35.5. The first-order valence-electron chi connectivity index (χ1n) is 9.20. The lowest BCUT2D eigenvalue weighted by Gasteiger charge is -2.13. The third-order valence-corrected chi connectivity index (χ3v) is 6.09. The Bertz CT molecular complexity index is 1110. The van der Waals surface area contributed by atoms with Crippen molar-refractivity contribution in [2.24, 2.45) is 0 Å². The van der Waals surface area contributed by atoms with Crippen LogP contribution in [-0.2, 0) is 0 Å². The number of fused-ring (bicyclic) bond motifs is 1. The molecule has 30 heavy (non-hydrogen) atoms. The third kappa shape index (κ3) is 4.89. The molecule has 0 saturated carbocycles. The molecule has 0 radical (unpaired) electrons. The molecule has 0 aliphatic rings. The molecule has 2 amide bonds. The molecule has 0 aliphatic carbocycles. The van der Waals surface area contributed by atoms with Crippen LogP contribution < -0.4 is 20.7 Å².